The van der Waals surface area contributed by atoms with Crippen LogP contribution in [0.2, 0.25) is 0 Å². The highest BCUT2D eigenvalue weighted by atomic mass is 19.4. The van der Waals surface area contributed by atoms with Crippen LogP contribution in [-0.2, 0) is 20.7 Å². The molecule has 0 aliphatic heterocycles. The summed E-state index contributed by atoms with van der Waals surface area (Å²) in [6, 6.07) is 6.04. The van der Waals surface area contributed by atoms with Gasteiger partial charge in [-0.15, -0.1) is 0 Å². The number of carboxylic acids is 1. The van der Waals surface area contributed by atoms with Gasteiger partial charge in [0.1, 0.15) is 12.4 Å². The number of ether oxygens (including phenoxy) is 3. The highest BCUT2D eigenvalue weighted by molar-refractivity contribution is 5.74. The van der Waals surface area contributed by atoms with E-state index in [-0.39, 0.29) is 39.1 Å². The van der Waals surface area contributed by atoms with Gasteiger partial charge in [-0.25, -0.2) is 9.59 Å². The van der Waals surface area contributed by atoms with Gasteiger partial charge in [-0.05, 0) is 38.0 Å². The molecule has 2 amide bonds. The molecule has 1 aromatic rings. The zero-order valence-corrected chi connectivity index (χ0v) is 18.9. The molecule has 1 aromatic carbocycles. The summed E-state index contributed by atoms with van der Waals surface area (Å²) >= 11 is 0. The quantitative estimate of drug-likeness (QED) is 0.282. The Morgan fingerprint density at radius 2 is 1.71 bits per heavy atom. The second kappa shape index (κ2) is 13.9. The Kier molecular flexibility index (Phi) is 12.0. The molecule has 0 saturated heterocycles. The van der Waals surface area contributed by atoms with Crippen LogP contribution in [0.1, 0.15) is 25.8 Å². The van der Waals surface area contributed by atoms with E-state index in [2.05, 4.69) is 10.1 Å². The summed E-state index contributed by atoms with van der Waals surface area (Å²) in [4.78, 5) is 24.5. The molecule has 8 nitrogen and oxygen atoms in total. The molecule has 1 unspecified atom stereocenters. The van der Waals surface area contributed by atoms with Crippen molar-refractivity contribution >= 4 is 12.0 Å². The van der Waals surface area contributed by atoms with Gasteiger partial charge in [0.25, 0.3) is 0 Å². The lowest BCUT2D eigenvalue weighted by Gasteiger charge is -2.24. The molecule has 0 heterocycles. The van der Waals surface area contributed by atoms with Gasteiger partial charge in [0, 0.05) is 26.1 Å². The van der Waals surface area contributed by atoms with E-state index in [0.717, 1.165) is 0 Å². The number of halogens is 5. The second-order valence-corrected chi connectivity index (χ2v) is 7.02. The number of carbonyl (C=O) groups excluding carboxylic acids is 1. The highest BCUT2D eigenvalue weighted by Gasteiger charge is 2.59. The number of alkyl halides is 5. The van der Waals surface area contributed by atoms with E-state index in [0.29, 0.717) is 17.9 Å². The molecule has 0 radical (unpaired) electrons. The number of hydrogen-bond donors (Lipinski definition) is 2. The molecule has 0 fully saturated rings. The van der Waals surface area contributed by atoms with Crippen LogP contribution in [-0.4, -0.2) is 79.9 Å². The van der Waals surface area contributed by atoms with Gasteiger partial charge in [0.15, 0.2) is 6.10 Å². The van der Waals surface area contributed by atoms with Crippen LogP contribution in [0.25, 0.3) is 0 Å². The smallest absolute Gasteiger partial charge is 0.482 e. The van der Waals surface area contributed by atoms with Crippen molar-refractivity contribution in [2.24, 2.45) is 0 Å². The summed E-state index contributed by atoms with van der Waals surface area (Å²) in [6.07, 6.45) is -12.1. The fraction of sp³-hybridized carbons (Fsp3) is 0.619. The summed E-state index contributed by atoms with van der Waals surface area (Å²) in [5.74, 6) is -0.629. The van der Waals surface area contributed by atoms with Gasteiger partial charge in [0.05, 0.1) is 13.2 Å². The first-order chi connectivity index (χ1) is 15.9. The molecular formula is C21H29F5N2O6. The molecule has 13 heteroatoms. The number of hydrogen-bond acceptors (Lipinski definition) is 5. The van der Waals surface area contributed by atoms with Crippen molar-refractivity contribution in [3.63, 3.8) is 0 Å². The Morgan fingerprint density at radius 1 is 1.06 bits per heavy atom. The topological polar surface area (TPSA) is 97.3 Å². The number of amides is 2. The number of carboxylic acid groups (broad SMARTS) is 1. The lowest BCUT2D eigenvalue weighted by molar-refractivity contribution is -0.391. The maximum absolute atomic E-state index is 12.8. The maximum atomic E-state index is 12.8. The number of nitrogens with zero attached hydrogens (tertiary/aromatic N) is 1. The van der Waals surface area contributed by atoms with Gasteiger partial charge in [-0.1, -0.05) is 12.1 Å². The van der Waals surface area contributed by atoms with Crippen molar-refractivity contribution in [1.29, 1.82) is 0 Å². The van der Waals surface area contributed by atoms with E-state index in [4.69, 9.17) is 14.6 Å². The Morgan fingerprint density at radius 3 is 2.24 bits per heavy atom. The largest absolute Gasteiger partial charge is 0.492 e. The van der Waals surface area contributed by atoms with Gasteiger partial charge in [-0.2, -0.15) is 22.0 Å². The SMILES string of the molecule is CCNC(=O)N(CCCOC(F)(F)C(F)(F)F)CCOc1ccc(CC(OCC)C(=O)O)cc1. The van der Waals surface area contributed by atoms with E-state index in [1.165, 1.54) is 4.90 Å². The Labute approximate surface area is 194 Å². The molecule has 0 aliphatic carbocycles. The van der Waals surface area contributed by atoms with E-state index in [1.807, 2.05) is 0 Å². The van der Waals surface area contributed by atoms with Crippen molar-refractivity contribution in [3.05, 3.63) is 29.8 Å². The molecule has 2 N–H and O–H groups in total. The molecule has 0 aliphatic rings. The standard InChI is InChI=1S/C21H29F5N2O6/c1-3-27-19(31)28(10-5-12-34-21(25,26)20(22,23)24)11-13-33-16-8-6-15(7-9-16)14-17(18(29)30)32-4-2/h6-9,17H,3-5,10-14H2,1-2H3,(H,27,31)(H,29,30). The minimum absolute atomic E-state index is 0.0206. The van der Waals surface area contributed by atoms with Crippen molar-refractivity contribution in [2.45, 2.75) is 45.1 Å². The summed E-state index contributed by atoms with van der Waals surface area (Å²) in [5, 5.41) is 11.7. The zero-order valence-electron chi connectivity index (χ0n) is 18.9. The lowest BCUT2D eigenvalue weighted by Crippen LogP contribution is -2.43. The predicted molar refractivity (Wildman–Crippen MR) is 111 cm³/mol. The first kappa shape index (κ1) is 29.4. The highest BCUT2D eigenvalue weighted by Crippen LogP contribution is 2.36. The first-order valence-electron chi connectivity index (χ1n) is 10.6. The maximum Gasteiger partial charge on any atom is 0.482 e. The van der Waals surface area contributed by atoms with Crippen LogP contribution in [0.4, 0.5) is 26.7 Å². The van der Waals surface area contributed by atoms with Crippen LogP contribution < -0.4 is 10.1 Å². The summed E-state index contributed by atoms with van der Waals surface area (Å²) in [7, 11) is 0. The van der Waals surface area contributed by atoms with Gasteiger partial charge in [0.2, 0.25) is 0 Å². The zero-order chi connectivity index (χ0) is 25.8. The molecule has 1 rings (SSSR count). The van der Waals surface area contributed by atoms with Crippen LogP contribution in [0.3, 0.4) is 0 Å². The Bertz CT molecular complexity index is 761. The first-order valence-corrected chi connectivity index (χ1v) is 10.6. The Balaban J connectivity index is 2.56. The number of benzene rings is 1. The summed E-state index contributed by atoms with van der Waals surface area (Å²) in [6.45, 7) is 2.95. The van der Waals surface area contributed by atoms with Crippen LogP contribution in [0.15, 0.2) is 24.3 Å². The van der Waals surface area contributed by atoms with Crippen LogP contribution in [0.5, 0.6) is 5.75 Å². The van der Waals surface area contributed by atoms with Gasteiger partial charge in [-0.3, -0.25) is 0 Å². The average Bonchev–Trinajstić information content (AvgIpc) is 2.75. The third-order valence-electron chi connectivity index (χ3n) is 4.42. The number of urea groups is 1. The minimum Gasteiger partial charge on any atom is -0.492 e. The number of rotatable bonds is 15. The predicted octanol–water partition coefficient (Wildman–Crippen LogP) is 3.69. The monoisotopic (exact) mass is 500 g/mol. The molecule has 0 spiro atoms. The van der Waals surface area contributed by atoms with Crippen LogP contribution in [0, 0.1) is 0 Å². The summed E-state index contributed by atoms with van der Waals surface area (Å²) in [5.41, 5.74) is 0.716. The number of nitrogens with one attached hydrogen (secondary N) is 1. The van der Waals surface area contributed by atoms with Crippen LogP contribution >= 0.6 is 0 Å². The summed E-state index contributed by atoms with van der Waals surface area (Å²) < 4.78 is 76.4. The molecule has 1 atom stereocenters. The molecule has 34 heavy (non-hydrogen) atoms. The molecule has 194 valence electrons. The van der Waals surface area contributed by atoms with E-state index < -0.39 is 37.0 Å². The second-order valence-electron chi connectivity index (χ2n) is 7.02. The normalized spacial score (nSPS) is 12.8. The molecule has 0 bridgehead atoms. The van der Waals surface area contributed by atoms with Crippen molar-refractivity contribution in [2.75, 3.05) is 39.5 Å². The third-order valence-corrected chi connectivity index (χ3v) is 4.42. The van der Waals surface area contributed by atoms with Crippen molar-refractivity contribution in [3.8, 4) is 5.75 Å². The van der Waals surface area contributed by atoms with Crippen molar-refractivity contribution < 1.29 is 50.9 Å². The number of aliphatic carboxylic acids is 1. The fourth-order valence-corrected chi connectivity index (χ4v) is 2.74. The Hall–Kier alpha value is -2.67. The van der Waals surface area contributed by atoms with E-state index in [9.17, 15) is 31.5 Å². The molecule has 0 saturated carbocycles. The van der Waals surface area contributed by atoms with E-state index in [1.54, 1.807) is 38.1 Å². The van der Waals surface area contributed by atoms with Gasteiger partial charge >= 0.3 is 24.3 Å². The lowest BCUT2D eigenvalue weighted by atomic mass is 10.1. The minimum atomic E-state index is -5.81. The van der Waals surface area contributed by atoms with Crippen molar-refractivity contribution in [1.82, 2.24) is 10.2 Å². The van der Waals surface area contributed by atoms with Gasteiger partial charge < -0.3 is 29.5 Å². The van der Waals surface area contributed by atoms with E-state index >= 15 is 0 Å². The molecule has 0 aromatic heterocycles. The third kappa shape index (κ3) is 10.1. The molecular weight excluding hydrogens is 471 g/mol. The fourth-order valence-electron chi connectivity index (χ4n) is 2.74. The average molecular weight is 500 g/mol. The number of carbonyl (C=O) groups is 2.